The molecule has 0 aromatic heterocycles. The van der Waals surface area contributed by atoms with Crippen molar-refractivity contribution in [3.8, 4) is 0 Å². The summed E-state index contributed by atoms with van der Waals surface area (Å²) >= 11 is 0. The van der Waals surface area contributed by atoms with Crippen molar-refractivity contribution in [2.45, 2.75) is 69.5 Å². The van der Waals surface area contributed by atoms with E-state index >= 15 is 0 Å². The van der Waals surface area contributed by atoms with E-state index in [-0.39, 0.29) is 31.4 Å². The molecule has 254 valence electrons. The predicted octanol–water partition coefficient (Wildman–Crippen LogP) is 2.93. The van der Waals surface area contributed by atoms with E-state index in [9.17, 15) is 24.3 Å². The zero-order valence-electron chi connectivity index (χ0n) is 27.7. The van der Waals surface area contributed by atoms with Gasteiger partial charge >= 0.3 is 5.97 Å². The summed E-state index contributed by atoms with van der Waals surface area (Å²) in [5, 5.41) is 13.3. The minimum Gasteiger partial charge on any atom is -0.455 e. The van der Waals surface area contributed by atoms with Crippen molar-refractivity contribution in [3.05, 3.63) is 89.5 Å². The number of carbonyl (C=O) groups excluding carboxylic acids is 4. The number of allylic oxidation sites excluding steroid dienone is 1. The molecule has 0 bridgehead atoms. The topological polar surface area (TPSA) is 135 Å². The number of likely N-dealkylation sites (tertiary alicyclic amines) is 1. The van der Waals surface area contributed by atoms with Gasteiger partial charge in [0.2, 0.25) is 11.8 Å². The number of aryl methyl sites for hydroxylation is 2. The van der Waals surface area contributed by atoms with Gasteiger partial charge in [0.1, 0.15) is 23.7 Å². The number of anilines is 1. The van der Waals surface area contributed by atoms with Crippen molar-refractivity contribution in [1.29, 1.82) is 0 Å². The molecule has 2 aromatic carbocycles. The second kappa shape index (κ2) is 13.7. The molecule has 2 saturated heterocycles. The third kappa shape index (κ3) is 5.84. The number of hydrogen-bond acceptors (Lipinski definition) is 8. The number of cyclic esters (lactones) is 1. The summed E-state index contributed by atoms with van der Waals surface area (Å²) in [4.78, 5) is 59.9. The second-order valence-electron chi connectivity index (χ2n) is 13.1. The van der Waals surface area contributed by atoms with Gasteiger partial charge in [-0.25, -0.2) is 0 Å². The first-order valence-corrected chi connectivity index (χ1v) is 16.5. The molecule has 4 aliphatic rings. The third-order valence-electron chi connectivity index (χ3n) is 9.89. The van der Waals surface area contributed by atoms with Crippen LogP contribution < -0.4 is 10.2 Å². The van der Waals surface area contributed by atoms with Gasteiger partial charge in [0, 0.05) is 25.8 Å². The quantitative estimate of drug-likeness (QED) is 0.358. The average Bonchev–Trinajstić information content (AvgIpc) is 3.47. The molecule has 1 spiro atoms. The van der Waals surface area contributed by atoms with Crippen LogP contribution in [0.2, 0.25) is 0 Å². The van der Waals surface area contributed by atoms with Crippen LogP contribution in [-0.4, -0.2) is 90.4 Å². The maximum Gasteiger partial charge on any atom is 0.313 e. The van der Waals surface area contributed by atoms with Gasteiger partial charge < -0.3 is 34.4 Å². The van der Waals surface area contributed by atoms with Crippen LogP contribution in [0.25, 0.3) is 0 Å². The summed E-state index contributed by atoms with van der Waals surface area (Å²) in [6.07, 6.45) is 5.72. The van der Waals surface area contributed by atoms with Crippen molar-refractivity contribution in [1.82, 2.24) is 10.2 Å². The third-order valence-corrected chi connectivity index (χ3v) is 9.89. The van der Waals surface area contributed by atoms with Crippen molar-refractivity contribution in [2.75, 3.05) is 31.8 Å². The maximum atomic E-state index is 14.8. The molecule has 11 heteroatoms. The zero-order valence-corrected chi connectivity index (χ0v) is 27.7. The average molecular weight is 658 g/mol. The number of benzene rings is 2. The summed E-state index contributed by atoms with van der Waals surface area (Å²) in [6, 6.07) is 12.3. The molecule has 0 saturated carbocycles. The normalized spacial score (nSPS) is 31.9. The Labute approximate surface area is 280 Å². The lowest BCUT2D eigenvalue weighted by Gasteiger charge is -2.37. The summed E-state index contributed by atoms with van der Waals surface area (Å²) in [6.45, 7) is 5.46. The van der Waals surface area contributed by atoms with Gasteiger partial charge in [0.15, 0.2) is 0 Å². The highest BCUT2D eigenvalue weighted by Crippen LogP contribution is 2.54. The lowest BCUT2D eigenvalue weighted by atomic mass is 9.77. The number of nitrogens with one attached hydrogen (secondary N) is 1. The number of nitrogens with zero attached hydrogens (tertiary/aromatic N) is 2. The van der Waals surface area contributed by atoms with E-state index in [2.05, 4.69) is 5.32 Å². The van der Waals surface area contributed by atoms with E-state index in [1.807, 2.05) is 56.3 Å². The fourth-order valence-electron chi connectivity index (χ4n) is 7.62. The largest absolute Gasteiger partial charge is 0.455 e. The van der Waals surface area contributed by atoms with Crippen LogP contribution in [0.3, 0.4) is 0 Å². The van der Waals surface area contributed by atoms with Gasteiger partial charge in [-0.2, -0.15) is 0 Å². The van der Waals surface area contributed by atoms with Crippen LogP contribution in [0.15, 0.2) is 72.8 Å². The summed E-state index contributed by atoms with van der Waals surface area (Å²) in [5.74, 6) is -4.00. The Kier molecular flexibility index (Phi) is 9.55. The maximum absolute atomic E-state index is 14.8. The van der Waals surface area contributed by atoms with Gasteiger partial charge in [-0.3, -0.25) is 19.2 Å². The molecule has 4 heterocycles. The monoisotopic (exact) mass is 657 g/mol. The number of ether oxygens (including phenoxy) is 3. The van der Waals surface area contributed by atoms with Gasteiger partial charge in [-0.05, 0) is 49.9 Å². The van der Waals surface area contributed by atoms with Gasteiger partial charge in [0.25, 0.3) is 5.91 Å². The lowest BCUT2D eigenvalue weighted by Crippen LogP contribution is -2.57. The number of aliphatic hydroxyl groups is 1. The van der Waals surface area contributed by atoms with Crippen LogP contribution >= 0.6 is 0 Å². The molecular formula is C37H43N3O8. The summed E-state index contributed by atoms with van der Waals surface area (Å²) < 4.78 is 18.5. The zero-order chi connectivity index (χ0) is 34.2. The highest BCUT2D eigenvalue weighted by Gasteiger charge is 2.72. The van der Waals surface area contributed by atoms with Crippen LogP contribution in [0.1, 0.15) is 42.6 Å². The molecule has 2 aromatic rings. The van der Waals surface area contributed by atoms with Gasteiger partial charge in [-0.1, -0.05) is 66.8 Å². The number of esters is 1. The van der Waals surface area contributed by atoms with Crippen molar-refractivity contribution < 1.29 is 38.5 Å². The number of hydrogen-bond donors (Lipinski definition) is 2. The Balaban J connectivity index is 1.46. The van der Waals surface area contributed by atoms with E-state index in [1.54, 1.807) is 42.2 Å². The first-order valence-electron chi connectivity index (χ1n) is 16.5. The van der Waals surface area contributed by atoms with E-state index in [0.717, 1.165) is 11.1 Å². The molecule has 3 amide bonds. The number of carbonyl (C=O) groups is 4. The minimum atomic E-state index is -1.52. The summed E-state index contributed by atoms with van der Waals surface area (Å²) in [7, 11) is 1.50. The first-order chi connectivity index (χ1) is 23.1. The number of amides is 3. The predicted molar refractivity (Wildman–Crippen MR) is 177 cm³/mol. The smallest absolute Gasteiger partial charge is 0.313 e. The highest BCUT2D eigenvalue weighted by molar-refractivity contribution is 6.06. The fourth-order valence-corrected chi connectivity index (χ4v) is 7.62. The molecule has 0 unspecified atom stereocenters. The Morgan fingerprint density at radius 1 is 1.06 bits per heavy atom. The van der Waals surface area contributed by atoms with Crippen LogP contribution in [-0.2, 0) is 33.4 Å². The first kappa shape index (κ1) is 33.6. The standard InChI is InChI=1S/C37H43N3O8/c1-22-15-16-23(2)27(19-22)39-18-10-17-37-31(34(43)40(24(3)20-41)33(37)35(39)44)30-28(48-37)13-8-9-14-29(42)38-26(21-46-4)32(47-36(30)45)25-11-6-5-7-12-25/h5-8,10-13,15-17,19,24,26,28,30-33,41H,9,14,18,20-21H2,1-4H3,(H,38,42)/b13-8-/t24-,26-,28-,30+,31+,32-,33-,37+/m1/s1. The van der Waals surface area contributed by atoms with Gasteiger partial charge in [0.05, 0.1) is 37.3 Å². The SMILES string of the molecule is COC[C@H]1NC(=O)CC/C=C\[C@H]2O[C@]34C=CCN(c5cc(C)ccc5C)C(=O)[C@H]3N([C@H](C)CO)C(=O)[C@@H]4[C@H]2C(=O)O[C@@H]1c1ccccc1. The van der Waals surface area contributed by atoms with E-state index in [4.69, 9.17) is 14.2 Å². The molecule has 2 N–H and O–H groups in total. The molecule has 2 fully saturated rings. The molecule has 4 aliphatic heterocycles. The van der Waals surface area contributed by atoms with Crippen LogP contribution in [0.4, 0.5) is 5.69 Å². The number of aliphatic hydroxyl groups excluding tert-OH is 1. The summed E-state index contributed by atoms with van der Waals surface area (Å²) in [5.41, 5.74) is 1.70. The fraction of sp³-hybridized carbons (Fsp3) is 0.459. The Hall–Kier alpha value is -4.32. The molecular weight excluding hydrogens is 614 g/mol. The molecule has 0 aliphatic carbocycles. The van der Waals surface area contributed by atoms with Crippen molar-refractivity contribution in [3.63, 3.8) is 0 Å². The van der Waals surface area contributed by atoms with Crippen molar-refractivity contribution in [2.24, 2.45) is 11.8 Å². The molecule has 0 radical (unpaired) electrons. The molecule has 6 rings (SSSR count). The number of methoxy groups -OCH3 is 1. The molecule has 8 atom stereocenters. The Bertz CT molecular complexity index is 1630. The minimum absolute atomic E-state index is 0.0701. The Morgan fingerprint density at radius 2 is 1.83 bits per heavy atom. The van der Waals surface area contributed by atoms with Crippen LogP contribution in [0.5, 0.6) is 0 Å². The van der Waals surface area contributed by atoms with Crippen LogP contribution in [0, 0.1) is 25.7 Å². The second-order valence-corrected chi connectivity index (χ2v) is 13.1. The van der Waals surface area contributed by atoms with Gasteiger partial charge in [-0.15, -0.1) is 0 Å². The van der Waals surface area contributed by atoms with Crippen molar-refractivity contribution >= 4 is 29.4 Å². The number of rotatable bonds is 6. The molecule has 11 nitrogen and oxygen atoms in total. The lowest BCUT2D eigenvalue weighted by molar-refractivity contribution is -0.162. The van der Waals surface area contributed by atoms with E-state index < -0.39 is 66.3 Å². The Morgan fingerprint density at radius 3 is 2.56 bits per heavy atom. The highest BCUT2D eigenvalue weighted by atomic mass is 16.6. The van der Waals surface area contributed by atoms with E-state index in [1.165, 1.54) is 12.0 Å². The van der Waals surface area contributed by atoms with E-state index in [0.29, 0.717) is 17.7 Å². The number of fused-ring (bicyclic) bond motifs is 2. The molecule has 48 heavy (non-hydrogen) atoms.